The van der Waals surface area contributed by atoms with Gasteiger partial charge in [0, 0.05) is 44.8 Å². The molecule has 1 spiro atoms. The second-order valence-electron chi connectivity index (χ2n) is 27.3. The number of nitrogens with zero attached hydrogens (tertiary/aromatic N) is 2. The topological polar surface area (TPSA) is 6.48 Å². The van der Waals surface area contributed by atoms with Crippen LogP contribution in [0.15, 0.2) is 303 Å². The van der Waals surface area contributed by atoms with E-state index in [1.807, 2.05) is 0 Å². The zero-order valence-electron chi connectivity index (χ0n) is 53.3. The van der Waals surface area contributed by atoms with Crippen LogP contribution in [0.2, 0.25) is 0 Å². The van der Waals surface area contributed by atoms with Gasteiger partial charge in [0.1, 0.15) is 0 Å². The molecule has 4 aliphatic rings. The van der Waals surface area contributed by atoms with Crippen LogP contribution in [0.3, 0.4) is 0 Å². The third kappa shape index (κ3) is 8.07. The lowest BCUT2D eigenvalue weighted by molar-refractivity contribution is 0.659. The van der Waals surface area contributed by atoms with Crippen molar-refractivity contribution in [2.45, 2.75) is 57.8 Å². The first-order valence-corrected chi connectivity index (χ1v) is 32.9. The quantitative estimate of drug-likeness (QED) is 0.142. The average molecular weight is 1190 g/mol. The van der Waals surface area contributed by atoms with Crippen LogP contribution in [0.25, 0.3) is 88.7 Å². The summed E-state index contributed by atoms with van der Waals surface area (Å²) in [7, 11) is 0. The van der Waals surface area contributed by atoms with Crippen LogP contribution >= 0.6 is 0 Å². The van der Waals surface area contributed by atoms with Gasteiger partial charge >= 0.3 is 0 Å². The molecule has 0 aliphatic heterocycles. The van der Waals surface area contributed by atoms with Crippen molar-refractivity contribution in [1.29, 1.82) is 0 Å². The largest absolute Gasteiger partial charge is 0.310 e. The molecule has 2 nitrogen and oxygen atoms in total. The van der Waals surface area contributed by atoms with Crippen molar-refractivity contribution in [2.75, 3.05) is 9.80 Å². The Morgan fingerprint density at radius 2 is 0.624 bits per heavy atom. The standard InChI is InChI=1S/C91H68N2/c1-57-34-47-73-75-50-45-66(55-85(75)89(3,4)83(73)52-57)92(67-46-51-76-74-48-35-58(2)53-84(74)90(5,6)86(76)56-67)65-44-49-70(78(54-65)60-20-8-7-9-21-60)62-38-42-64(43-39-62)93(63-40-36-61(37-41-63)69-28-18-23-59-22-10-11-24-68(59)69)87-33-19-32-82-88(87)77-27-14-17-31-81(77)91(82)79-29-15-12-25-71(79)72-26-13-16-30-80(72)91/h7-56H,1-6H3. The molecular formula is C91H68N2. The highest BCUT2D eigenvalue weighted by Crippen LogP contribution is 2.65. The normalized spacial score (nSPS) is 14.2. The maximum atomic E-state index is 2.52. The fourth-order valence-corrected chi connectivity index (χ4v) is 17.0. The van der Waals surface area contributed by atoms with Crippen LogP contribution in [-0.4, -0.2) is 0 Å². The molecule has 0 atom stereocenters. The number of fused-ring (bicyclic) bond motifs is 17. The Balaban J connectivity index is 0.801. The summed E-state index contributed by atoms with van der Waals surface area (Å²) in [6.07, 6.45) is 0. The molecule has 0 amide bonds. The second-order valence-corrected chi connectivity index (χ2v) is 27.3. The lowest BCUT2D eigenvalue weighted by atomic mass is 9.70. The number of hydrogen-bond acceptors (Lipinski definition) is 2. The minimum Gasteiger partial charge on any atom is -0.310 e. The molecule has 18 rings (SSSR count). The molecule has 14 aromatic rings. The summed E-state index contributed by atoms with van der Waals surface area (Å²) in [6, 6.07) is 115. The summed E-state index contributed by atoms with van der Waals surface area (Å²) < 4.78 is 0. The van der Waals surface area contributed by atoms with E-state index in [-0.39, 0.29) is 10.8 Å². The van der Waals surface area contributed by atoms with E-state index in [1.165, 1.54) is 133 Å². The van der Waals surface area contributed by atoms with Crippen molar-refractivity contribution in [3.05, 3.63) is 359 Å². The summed E-state index contributed by atoms with van der Waals surface area (Å²) in [5.41, 5.74) is 36.7. The van der Waals surface area contributed by atoms with Crippen molar-refractivity contribution < 1.29 is 0 Å². The fourth-order valence-electron chi connectivity index (χ4n) is 17.0. The molecule has 0 fully saturated rings. The first-order chi connectivity index (χ1) is 45.4. The number of benzene rings is 14. The highest BCUT2D eigenvalue weighted by molar-refractivity contribution is 6.03. The zero-order chi connectivity index (χ0) is 62.5. The van der Waals surface area contributed by atoms with Crippen LogP contribution in [0.5, 0.6) is 0 Å². The van der Waals surface area contributed by atoms with Gasteiger partial charge in [0.25, 0.3) is 0 Å². The first kappa shape index (κ1) is 54.8. The molecule has 4 aliphatic carbocycles. The Morgan fingerprint density at radius 1 is 0.237 bits per heavy atom. The van der Waals surface area contributed by atoms with Gasteiger partial charge in [-0.3, -0.25) is 0 Å². The van der Waals surface area contributed by atoms with E-state index in [9.17, 15) is 0 Å². The van der Waals surface area contributed by atoms with Gasteiger partial charge < -0.3 is 9.80 Å². The maximum absolute atomic E-state index is 2.52. The summed E-state index contributed by atoms with van der Waals surface area (Å²) in [6.45, 7) is 14.0. The van der Waals surface area contributed by atoms with Crippen LogP contribution < -0.4 is 9.80 Å². The monoisotopic (exact) mass is 1190 g/mol. The van der Waals surface area contributed by atoms with Crippen LogP contribution in [-0.2, 0) is 16.2 Å². The van der Waals surface area contributed by atoms with Gasteiger partial charge in [0.15, 0.2) is 0 Å². The molecule has 442 valence electrons. The van der Waals surface area contributed by atoms with E-state index >= 15 is 0 Å². The minimum absolute atomic E-state index is 0.179. The minimum atomic E-state index is -0.483. The Kier molecular flexibility index (Phi) is 12.1. The van der Waals surface area contributed by atoms with Crippen LogP contribution in [0.4, 0.5) is 34.1 Å². The second kappa shape index (κ2) is 20.5. The van der Waals surface area contributed by atoms with Crippen molar-refractivity contribution in [3.8, 4) is 77.9 Å². The molecule has 0 bridgehead atoms. The van der Waals surface area contributed by atoms with Crippen LogP contribution in [0, 0.1) is 13.8 Å². The van der Waals surface area contributed by atoms with Crippen molar-refractivity contribution >= 4 is 44.9 Å². The van der Waals surface area contributed by atoms with Gasteiger partial charge in [-0.05, 0) is 208 Å². The van der Waals surface area contributed by atoms with E-state index in [2.05, 4.69) is 355 Å². The molecule has 93 heavy (non-hydrogen) atoms. The van der Waals surface area contributed by atoms with Gasteiger partial charge in [-0.2, -0.15) is 0 Å². The molecule has 2 heteroatoms. The Hall–Kier alpha value is -11.1. The van der Waals surface area contributed by atoms with E-state index in [1.54, 1.807) is 0 Å². The molecule has 0 N–H and O–H groups in total. The Bertz CT molecular complexity index is 5250. The summed E-state index contributed by atoms with van der Waals surface area (Å²) in [5, 5.41) is 2.48. The Morgan fingerprint density at radius 3 is 1.20 bits per heavy atom. The molecule has 0 aromatic heterocycles. The molecule has 0 radical (unpaired) electrons. The van der Waals surface area contributed by atoms with E-state index in [0.717, 1.165) is 45.3 Å². The maximum Gasteiger partial charge on any atom is 0.0726 e. The van der Waals surface area contributed by atoms with Gasteiger partial charge in [0.05, 0.1) is 11.1 Å². The summed E-state index contributed by atoms with van der Waals surface area (Å²) in [5.74, 6) is 0. The van der Waals surface area contributed by atoms with E-state index in [4.69, 9.17) is 0 Å². The Labute approximate surface area is 546 Å². The molecule has 0 unspecified atom stereocenters. The fraction of sp³-hybridized carbons (Fsp3) is 0.0989. The third-order valence-corrected chi connectivity index (χ3v) is 21.4. The summed E-state index contributed by atoms with van der Waals surface area (Å²) in [4.78, 5) is 5.02. The van der Waals surface area contributed by atoms with Crippen molar-refractivity contribution in [1.82, 2.24) is 0 Å². The predicted molar refractivity (Wildman–Crippen MR) is 391 cm³/mol. The predicted octanol–water partition coefficient (Wildman–Crippen LogP) is 24.4. The smallest absolute Gasteiger partial charge is 0.0726 e. The van der Waals surface area contributed by atoms with Crippen molar-refractivity contribution in [3.63, 3.8) is 0 Å². The lowest BCUT2D eigenvalue weighted by Gasteiger charge is -2.32. The average Bonchev–Trinajstić information content (AvgIpc) is 1.50. The molecule has 0 saturated carbocycles. The van der Waals surface area contributed by atoms with Gasteiger partial charge in [-0.25, -0.2) is 0 Å². The zero-order valence-corrected chi connectivity index (χ0v) is 53.3. The van der Waals surface area contributed by atoms with Gasteiger partial charge in [-0.15, -0.1) is 0 Å². The number of aryl methyl sites for hydroxylation is 2. The molecule has 0 heterocycles. The summed E-state index contributed by atoms with van der Waals surface area (Å²) >= 11 is 0. The van der Waals surface area contributed by atoms with Crippen molar-refractivity contribution in [2.24, 2.45) is 0 Å². The third-order valence-electron chi connectivity index (χ3n) is 21.4. The highest BCUT2D eigenvalue weighted by Gasteiger charge is 2.52. The van der Waals surface area contributed by atoms with Gasteiger partial charge in [0.2, 0.25) is 0 Å². The van der Waals surface area contributed by atoms with E-state index in [0.29, 0.717) is 0 Å². The molecular weight excluding hydrogens is 1120 g/mol. The molecule has 14 aromatic carbocycles. The lowest BCUT2D eigenvalue weighted by Crippen LogP contribution is -2.26. The number of hydrogen-bond donors (Lipinski definition) is 0. The first-order valence-electron chi connectivity index (χ1n) is 32.9. The van der Waals surface area contributed by atoms with Crippen LogP contribution in [0.1, 0.15) is 83.3 Å². The molecule has 0 saturated heterocycles. The number of rotatable bonds is 9. The SMILES string of the molecule is Cc1ccc2c(c1)C(C)(C)c1cc(N(c3ccc(-c4ccc(N(c5ccc(-c6cccc7ccccc67)cc5)c5cccc6c5-c5ccccc5C65c6ccccc6-c6ccccc65)cc4)c(-c4ccccc4)c3)c3ccc4c(c3)C(C)(C)c3cc(C)ccc3-4)ccc1-2. The number of anilines is 6. The van der Waals surface area contributed by atoms with Gasteiger partial charge in [-0.1, -0.05) is 275 Å². The highest BCUT2D eigenvalue weighted by atomic mass is 15.2. The van der Waals surface area contributed by atoms with E-state index < -0.39 is 5.41 Å².